The summed E-state index contributed by atoms with van der Waals surface area (Å²) in [6.45, 7) is 0.512. The van der Waals surface area contributed by atoms with Crippen LogP contribution in [0.3, 0.4) is 0 Å². The molecule has 0 saturated carbocycles. The van der Waals surface area contributed by atoms with Gasteiger partial charge in [0.05, 0.1) is 27.9 Å². The maximum absolute atomic E-state index is 11.5. The lowest BCUT2D eigenvalue weighted by molar-refractivity contribution is 0.0388. The molecule has 0 amide bonds. The second-order valence-electron chi connectivity index (χ2n) is 2.99. The van der Waals surface area contributed by atoms with E-state index in [1.807, 2.05) is 0 Å². The first-order valence-corrected chi connectivity index (χ1v) is 5.22. The normalized spacial score (nSPS) is 10.2. The number of nitrogens with two attached hydrogens (primary N) is 1. The quantitative estimate of drug-likeness (QED) is 0.515. The molecule has 0 spiro atoms. The minimum Gasteiger partial charge on any atom is -0.460 e. The third-order valence-corrected chi connectivity index (χ3v) is 2.63. The zero-order chi connectivity index (χ0) is 12.1. The van der Waals surface area contributed by atoms with Gasteiger partial charge in [-0.15, -0.1) is 0 Å². The van der Waals surface area contributed by atoms with Gasteiger partial charge in [-0.05, 0) is 12.1 Å². The molecular formula is C10H11Cl2NO3. The highest BCUT2D eigenvalue weighted by Gasteiger charge is 2.12. The van der Waals surface area contributed by atoms with E-state index in [9.17, 15) is 4.79 Å². The fourth-order valence-corrected chi connectivity index (χ4v) is 1.36. The van der Waals surface area contributed by atoms with E-state index in [1.165, 1.54) is 19.2 Å². The molecule has 0 fully saturated rings. The summed E-state index contributed by atoms with van der Waals surface area (Å²) in [4.78, 5) is 11.5. The predicted molar refractivity (Wildman–Crippen MR) is 63.0 cm³/mol. The molecule has 1 aromatic carbocycles. The van der Waals surface area contributed by atoms with Crippen LogP contribution in [0.25, 0.3) is 0 Å². The monoisotopic (exact) mass is 263 g/mol. The summed E-state index contributed by atoms with van der Waals surface area (Å²) in [5.74, 6) is -0.512. The molecule has 0 aliphatic heterocycles. The fraction of sp³-hybridized carbons (Fsp3) is 0.300. The summed E-state index contributed by atoms with van der Waals surface area (Å²) in [5, 5.41) is 0.454. The number of halogens is 2. The van der Waals surface area contributed by atoms with Crippen LogP contribution in [-0.2, 0) is 9.47 Å². The van der Waals surface area contributed by atoms with E-state index >= 15 is 0 Å². The number of carbonyl (C=O) groups is 1. The lowest BCUT2D eigenvalue weighted by atomic mass is 10.2. The van der Waals surface area contributed by atoms with Crippen LogP contribution in [-0.4, -0.2) is 26.3 Å². The minimum atomic E-state index is -0.512. The topological polar surface area (TPSA) is 61.5 Å². The van der Waals surface area contributed by atoms with Gasteiger partial charge < -0.3 is 15.2 Å². The number of esters is 1. The molecule has 0 aliphatic carbocycles. The SMILES string of the molecule is COCCOC(=O)c1cc(N)c(Cl)c(Cl)c1. The van der Waals surface area contributed by atoms with Gasteiger partial charge in [-0.25, -0.2) is 4.79 Å². The van der Waals surface area contributed by atoms with Crippen LogP contribution in [0.5, 0.6) is 0 Å². The molecule has 0 atom stereocenters. The Morgan fingerprint density at radius 3 is 2.62 bits per heavy atom. The fourth-order valence-electron chi connectivity index (χ4n) is 1.03. The number of nitrogen functional groups attached to an aromatic ring is 1. The van der Waals surface area contributed by atoms with E-state index in [0.717, 1.165) is 0 Å². The lowest BCUT2D eigenvalue weighted by Gasteiger charge is -2.06. The third-order valence-electron chi connectivity index (χ3n) is 1.81. The standard InChI is InChI=1S/C10H11Cl2NO3/c1-15-2-3-16-10(14)6-4-7(11)9(12)8(13)5-6/h4-5H,2-3,13H2,1H3. The number of anilines is 1. The van der Waals surface area contributed by atoms with Crippen LogP contribution in [0.2, 0.25) is 10.0 Å². The predicted octanol–water partition coefficient (Wildman–Crippen LogP) is 2.38. The molecule has 6 heteroatoms. The van der Waals surface area contributed by atoms with Crippen molar-refractivity contribution in [1.82, 2.24) is 0 Å². The zero-order valence-electron chi connectivity index (χ0n) is 8.63. The summed E-state index contributed by atoms with van der Waals surface area (Å²) in [5.41, 5.74) is 6.08. The average Bonchev–Trinajstić information content (AvgIpc) is 2.25. The molecule has 1 aromatic rings. The Bertz CT molecular complexity index is 373. The molecule has 88 valence electrons. The van der Waals surface area contributed by atoms with Crippen LogP contribution in [0, 0.1) is 0 Å². The Kier molecular flexibility index (Phi) is 4.86. The summed E-state index contributed by atoms with van der Waals surface area (Å²) in [7, 11) is 1.52. The molecule has 16 heavy (non-hydrogen) atoms. The molecule has 0 bridgehead atoms. The molecule has 0 heterocycles. The molecule has 1 rings (SSSR count). The van der Waals surface area contributed by atoms with Crippen molar-refractivity contribution in [3.05, 3.63) is 27.7 Å². The van der Waals surface area contributed by atoms with Crippen molar-refractivity contribution in [2.24, 2.45) is 0 Å². The van der Waals surface area contributed by atoms with Crippen LogP contribution < -0.4 is 5.73 Å². The second-order valence-corrected chi connectivity index (χ2v) is 3.78. The van der Waals surface area contributed by atoms with E-state index < -0.39 is 5.97 Å². The van der Waals surface area contributed by atoms with Crippen molar-refractivity contribution < 1.29 is 14.3 Å². The first-order valence-electron chi connectivity index (χ1n) is 4.47. The van der Waals surface area contributed by atoms with Crippen molar-refractivity contribution in [3.63, 3.8) is 0 Å². The van der Waals surface area contributed by atoms with E-state index in [-0.39, 0.29) is 27.9 Å². The molecule has 4 nitrogen and oxygen atoms in total. The van der Waals surface area contributed by atoms with Crippen LogP contribution in [0.15, 0.2) is 12.1 Å². The number of benzene rings is 1. The highest BCUT2D eigenvalue weighted by Crippen LogP contribution is 2.29. The van der Waals surface area contributed by atoms with E-state index in [2.05, 4.69) is 0 Å². The number of rotatable bonds is 4. The summed E-state index contributed by atoms with van der Waals surface area (Å²) < 4.78 is 9.64. The van der Waals surface area contributed by atoms with Gasteiger partial charge in [0.1, 0.15) is 6.61 Å². The first-order chi connectivity index (χ1) is 7.56. The minimum absolute atomic E-state index is 0.176. The molecule has 0 saturated heterocycles. The highest BCUT2D eigenvalue weighted by molar-refractivity contribution is 6.43. The van der Waals surface area contributed by atoms with Gasteiger partial charge in [0.2, 0.25) is 0 Å². The van der Waals surface area contributed by atoms with Crippen molar-refractivity contribution in [2.45, 2.75) is 0 Å². The molecule has 0 unspecified atom stereocenters. The van der Waals surface area contributed by atoms with Crippen molar-refractivity contribution in [1.29, 1.82) is 0 Å². The average molecular weight is 264 g/mol. The van der Waals surface area contributed by atoms with Gasteiger partial charge in [0, 0.05) is 7.11 Å². The van der Waals surface area contributed by atoms with Gasteiger partial charge in [0.25, 0.3) is 0 Å². The molecule has 0 radical (unpaired) electrons. The molecular weight excluding hydrogens is 253 g/mol. The Labute approximate surface area is 103 Å². The number of hydrogen-bond acceptors (Lipinski definition) is 4. The van der Waals surface area contributed by atoms with Crippen LogP contribution >= 0.6 is 23.2 Å². The van der Waals surface area contributed by atoms with Gasteiger partial charge >= 0.3 is 5.97 Å². The Morgan fingerprint density at radius 1 is 1.38 bits per heavy atom. The van der Waals surface area contributed by atoms with Gasteiger partial charge in [-0.1, -0.05) is 23.2 Å². The molecule has 2 N–H and O–H groups in total. The molecule has 0 aromatic heterocycles. The summed E-state index contributed by atoms with van der Waals surface area (Å²) in [6, 6.07) is 2.83. The Morgan fingerprint density at radius 2 is 2.06 bits per heavy atom. The van der Waals surface area contributed by atoms with Crippen molar-refractivity contribution >= 4 is 34.9 Å². The number of carbonyl (C=O) groups excluding carboxylic acids is 1. The van der Waals surface area contributed by atoms with Gasteiger partial charge in [-0.2, -0.15) is 0 Å². The maximum Gasteiger partial charge on any atom is 0.338 e. The third kappa shape index (κ3) is 3.27. The van der Waals surface area contributed by atoms with Crippen LogP contribution in [0.4, 0.5) is 5.69 Å². The maximum atomic E-state index is 11.5. The van der Waals surface area contributed by atoms with E-state index in [4.69, 9.17) is 38.4 Å². The van der Waals surface area contributed by atoms with Gasteiger partial charge in [0.15, 0.2) is 0 Å². The number of methoxy groups -OCH3 is 1. The largest absolute Gasteiger partial charge is 0.460 e. The lowest BCUT2D eigenvalue weighted by Crippen LogP contribution is -2.10. The Hall–Kier alpha value is -0.970. The van der Waals surface area contributed by atoms with Gasteiger partial charge in [-0.3, -0.25) is 0 Å². The van der Waals surface area contributed by atoms with Crippen molar-refractivity contribution in [3.8, 4) is 0 Å². The second kappa shape index (κ2) is 5.94. The Balaban J connectivity index is 2.76. The van der Waals surface area contributed by atoms with E-state index in [0.29, 0.717) is 6.61 Å². The zero-order valence-corrected chi connectivity index (χ0v) is 10.1. The molecule has 0 aliphatic rings. The highest BCUT2D eigenvalue weighted by atomic mass is 35.5. The summed E-state index contributed by atoms with van der Waals surface area (Å²) in [6.07, 6.45) is 0. The number of ether oxygens (including phenoxy) is 2. The van der Waals surface area contributed by atoms with E-state index in [1.54, 1.807) is 0 Å². The van der Waals surface area contributed by atoms with Crippen LogP contribution in [0.1, 0.15) is 10.4 Å². The number of hydrogen-bond donors (Lipinski definition) is 1. The summed E-state index contributed by atoms with van der Waals surface area (Å²) >= 11 is 11.5. The first kappa shape index (κ1) is 13.1. The smallest absolute Gasteiger partial charge is 0.338 e. The van der Waals surface area contributed by atoms with Crippen molar-refractivity contribution in [2.75, 3.05) is 26.1 Å².